The van der Waals surface area contributed by atoms with Crippen LogP contribution in [0.1, 0.15) is 39.5 Å². The number of carbonyl (C=O) groups excluding carboxylic acids is 1. The first kappa shape index (κ1) is 18.1. The van der Waals surface area contributed by atoms with E-state index in [0.717, 1.165) is 19.3 Å². The number of esters is 1. The Balaban J connectivity index is 3.82. The van der Waals surface area contributed by atoms with Gasteiger partial charge < -0.3 is 20.1 Å². The minimum atomic E-state index is -0.669. The zero-order valence-corrected chi connectivity index (χ0v) is 11.8. The lowest BCUT2D eigenvalue weighted by molar-refractivity contribution is -0.141. The molecule has 0 radical (unpaired) electrons. The second-order valence-corrected chi connectivity index (χ2v) is 5.43. The molecule has 0 heterocycles. The van der Waals surface area contributed by atoms with Crippen molar-refractivity contribution in [3.8, 4) is 0 Å². The van der Waals surface area contributed by atoms with Gasteiger partial charge >= 0.3 is 5.97 Å². The van der Waals surface area contributed by atoms with E-state index in [1.54, 1.807) is 13.8 Å². The van der Waals surface area contributed by atoms with E-state index >= 15 is 0 Å². The molecule has 112 valence electrons. The van der Waals surface area contributed by atoms with Crippen molar-refractivity contribution in [3.05, 3.63) is 12.2 Å². The summed E-state index contributed by atoms with van der Waals surface area (Å²) in [6.45, 7) is 3.83. The molecule has 3 N–H and O–H groups in total. The van der Waals surface area contributed by atoms with E-state index in [1.807, 2.05) is 0 Å². The summed E-state index contributed by atoms with van der Waals surface area (Å²) in [5.41, 5.74) is -0.452. The topological polar surface area (TPSA) is 87.0 Å². The molecule has 0 spiro atoms. The number of ether oxygens (including phenoxy) is 1. The maximum Gasteiger partial charge on any atom is 0.330 e. The standard InChI is InChI=1S/C14H26O5/c1-14(2,10-16)11-19-13(18)8-7-12(17)6-4-3-5-9-15/h7-8,12,15-17H,3-6,9-11H2,1-2H3. The Bertz CT molecular complexity index is 273. The minimum absolute atomic E-state index is 0.0581. The molecule has 19 heavy (non-hydrogen) atoms. The molecule has 0 aliphatic carbocycles. The number of hydrogen-bond acceptors (Lipinski definition) is 5. The average molecular weight is 274 g/mol. The van der Waals surface area contributed by atoms with E-state index in [1.165, 1.54) is 12.2 Å². The van der Waals surface area contributed by atoms with E-state index in [0.29, 0.717) is 6.42 Å². The predicted octanol–water partition coefficient (Wildman–Crippen LogP) is 1.02. The summed E-state index contributed by atoms with van der Waals surface area (Å²) < 4.78 is 4.96. The lowest BCUT2D eigenvalue weighted by Crippen LogP contribution is -2.25. The number of hydrogen-bond donors (Lipinski definition) is 3. The van der Waals surface area contributed by atoms with Gasteiger partial charge in [-0.2, -0.15) is 0 Å². The summed E-state index contributed by atoms with van der Waals surface area (Å²) in [6, 6.07) is 0. The quantitative estimate of drug-likeness (QED) is 0.314. The van der Waals surface area contributed by atoms with E-state index in [-0.39, 0.29) is 19.8 Å². The van der Waals surface area contributed by atoms with Crippen molar-refractivity contribution in [1.82, 2.24) is 0 Å². The van der Waals surface area contributed by atoms with Crippen molar-refractivity contribution < 1.29 is 24.9 Å². The van der Waals surface area contributed by atoms with Gasteiger partial charge in [-0.25, -0.2) is 4.79 Å². The van der Waals surface area contributed by atoms with E-state index < -0.39 is 17.5 Å². The van der Waals surface area contributed by atoms with E-state index in [9.17, 15) is 9.90 Å². The fourth-order valence-corrected chi connectivity index (χ4v) is 1.29. The monoisotopic (exact) mass is 274 g/mol. The minimum Gasteiger partial charge on any atom is -0.462 e. The molecule has 0 aromatic rings. The highest BCUT2D eigenvalue weighted by Gasteiger charge is 2.18. The number of unbranched alkanes of at least 4 members (excludes halogenated alkanes) is 2. The molecule has 5 heteroatoms. The summed E-state index contributed by atoms with van der Waals surface area (Å²) >= 11 is 0. The smallest absolute Gasteiger partial charge is 0.330 e. The van der Waals surface area contributed by atoms with Crippen LogP contribution in [0.4, 0.5) is 0 Å². The molecule has 5 nitrogen and oxygen atoms in total. The first-order valence-electron chi connectivity index (χ1n) is 6.66. The van der Waals surface area contributed by atoms with Crippen molar-refractivity contribution in [2.45, 2.75) is 45.6 Å². The van der Waals surface area contributed by atoms with Gasteiger partial charge in [-0.15, -0.1) is 0 Å². The highest BCUT2D eigenvalue weighted by Crippen LogP contribution is 2.13. The number of carbonyl (C=O) groups is 1. The van der Waals surface area contributed by atoms with Crippen LogP contribution in [0.15, 0.2) is 12.2 Å². The lowest BCUT2D eigenvalue weighted by atomic mass is 9.97. The summed E-state index contributed by atoms with van der Waals surface area (Å²) in [6.07, 6.45) is 4.91. The first-order chi connectivity index (χ1) is 8.91. The summed E-state index contributed by atoms with van der Waals surface area (Å²) in [4.78, 5) is 11.4. The van der Waals surface area contributed by atoms with Crippen molar-refractivity contribution in [2.24, 2.45) is 5.41 Å². The molecule has 1 unspecified atom stereocenters. The van der Waals surface area contributed by atoms with Crippen molar-refractivity contribution in [3.63, 3.8) is 0 Å². The fourth-order valence-electron chi connectivity index (χ4n) is 1.29. The number of aliphatic hydroxyl groups is 3. The molecule has 0 amide bonds. The number of rotatable bonds is 10. The lowest BCUT2D eigenvalue weighted by Gasteiger charge is -2.20. The molecule has 0 aromatic heterocycles. The molecular weight excluding hydrogens is 248 g/mol. The van der Waals surface area contributed by atoms with Gasteiger partial charge in [0.2, 0.25) is 0 Å². The van der Waals surface area contributed by atoms with Crippen molar-refractivity contribution >= 4 is 5.97 Å². The maximum absolute atomic E-state index is 11.4. The van der Waals surface area contributed by atoms with Gasteiger partial charge in [0.1, 0.15) is 0 Å². The zero-order valence-electron chi connectivity index (χ0n) is 11.8. The average Bonchev–Trinajstić information content (AvgIpc) is 2.39. The Hall–Kier alpha value is -0.910. The van der Waals surface area contributed by atoms with Crippen LogP contribution in [-0.4, -0.2) is 47.2 Å². The van der Waals surface area contributed by atoms with Gasteiger partial charge in [-0.3, -0.25) is 0 Å². The third-order valence-corrected chi connectivity index (χ3v) is 2.65. The summed E-state index contributed by atoms with van der Waals surface area (Å²) in [5, 5.41) is 27.2. The van der Waals surface area contributed by atoms with E-state index in [2.05, 4.69) is 0 Å². The second kappa shape index (κ2) is 9.95. The molecular formula is C14H26O5. The molecule has 0 saturated heterocycles. The first-order valence-corrected chi connectivity index (χ1v) is 6.66. The summed E-state index contributed by atoms with van der Waals surface area (Å²) in [5.74, 6) is -0.518. The molecule has 0 bridgehead atoms. The summed E-state index contributed by atoms with van der Waals surface area (Å²) in [7, 11) is 0. The molecule has 0 aromatic carbocycles. The fraction of sp³-hybridized carbons (Fsp3) is 0.786. The SMILES string of the molecule is CC(C)(CO)COC(=O)C=CC(O)CCCCCO. The predicted molar refractivity (Wildman–Crippen MR) is 72.5 cm³/mol. The van der Waals surface area contributed by atoms with Gasteiger partial charge in [0.25, 0.3) is 0 Å². The largest absolute Gasteiger partial charge is 0.462 e. The van der Waals surface area contributed by atoms with Gasteiger partial charge in [0.05, 0.1) is 19.3 Å². The highest BCUT2D eigenvalue weighted by atomic mass is 16.5. The van der Waals surface area contributed by atoms with Gasteiger partial charge in [-0.05, 0) is 18.9 Å². The Labute approximate surface area is 114 Å². The van der Waals surface area contributed by atoms with Crippen LogP contribution in [0.2, 0.25) is 0 Å². The third-order valence-electron chi connectivity index (χ3n) is 2.65. The molecule has 1 atom stereocenters. The third kappa shape index (κ3) is 10.7. The van der Waals surface area contributed by atoms with E-state index in [4.69, 9.17) is 14.9 Å². The Morgan fingerprint density at radius 2 is 1.95 bits per heavy atom. The van der Waals surface area contributed by atoms with Gasteiger partial charge in [-0.1, -0.05) is 26.7 Å². The van der Waals surface area contributed by atoms with Crippen LogP contribution in [0.5, 0.6) is 0 Å². The van der Waals surface area contributed by atoms with Crippen LogP contribution >= 0.6 is 0 Å². The van der Waals surface area contributed by atoms with Crippen LogP contribution in [-0.2, 0) is 9.53 Å². The highest BCUT2D eigenvalue weighted by molar-refractivity contribution is 5.81. The molecule has 0 rings (SSSR count). The number of aliphatic hydroxyl groups excluding tert-OH is 3. The second-order valence-electron chi connectivity index (χ2n) is 5.43. The molecule has 0 aliphatic rings. The molecule has 0 fully saturated rings. The Morgan fingerprint density at radius 1 is 1.26 bits per heavy atom. The van der Waals surface area contributed by atoms with Crippen molar-refractivity contribution in [2.75, 3.05) is 19.8 Å². The van der Waals surface area contributed by atoms with Gasteiger partial charge in [0.15, 0.2) is 0 Å². The molecule has 0 aliphatic heterocycles. The Kier molecular flexibility index (Phi) is 9.47. The zero-order chi connectivity index (χ0) is 14.7. The van der Waals surface area contributed by atoms with Crippen molar-refractivity contribution in [1.29, 1.82) is 0 Å². The Morgan fingerprint density at radius 3 is 2.53 bits per heavy atom. The van der Waals surface area contributed by atoms with Crippen LogP contribution < -0.4 is 0 Å². The van der Waals surface area contributed by atoms with Crippen LogP contribution in [0.25, 0.3) is 0 Å². The maximum atomic E-state index is 11.4. The normalized spacial score (nSPS) is 13.7. The van der Waals surface area contributed by atoms with Crippen LogP contribution in [0, 0.1) is 5.41 Å². The van der Waals surface area contributed by atoms with Crippen LogP contribution in [0.3, 0.4) is 0 Å². The van der Waals surface area contributed by atoms with Gasteiger partial charge in [0, 0.05) is 18.1 Å². The molecule has 0 saturated carbocycles.